The maximum absolute atomic E-state index is 12.6. The zero-order chi connectivity index (χ0) is 16.5. The van der Waals surface area contributed by atoms with Crippen molar-refractivity contribution in [1.82, 2.24) is 19.6 Å². The van der Waals surface area contributed by atoms with Gasteiger partial charge in [0, 0.05) is 29.2 Å². The van der Waals surface area contributed by atoms with E-state index in [0.717, 1.165) is 35.9 Å². The minimum atomic E-state index is 0.153. The summed E-state index contributed by atoms with van der Waals surface area (Å²) >= 11 is 3.35. The number of thioether (sulfide) groups is 1. The lowest BCUT2D eigenvalue weighted by molar-refractivity contribution is 0.0963. The quantitative estimate of drug-likeness (QED) is 0.510. The molecule has 4 rings (SSSR count). The van der Waals surface area contributed by atoms with Crippen molar-refractivity contribution in [1.29, 1.82) is 0 Å². The monoisotopic (exact) mass is 358 g/mol. The number of thiophene rings is 1. The lowest BCUT2D eigenvalue weighted by Crippen LogP contribution is -2.20. The molecule has 1 atom stereocenters. The maximum Gasteiger partial charge on any atom is 0.253 e. The van der Waals surface area contributed by atoms with Crippen LogP contribution in [0.5, 0.6) is 0 Å². The number of carbonyl (C=O) groups is 1. The van der Waals surface area contributed by atoms with Gasteiger partial charge >= 0.3 is 0 Å². The molecule has 0 spiro atoms. The van der Waals surface area contributed by atoms with Crippen molar-refractivity contribution in [2.24, 2.45) is 0 Å². The van der Waals surface area contributed by atoms with Crippen molar-refractivity contribution in [2.75, 3.05) is 5.75 Å². The van der Waals surface area contributed by atoms with Crippen molar-refractivity contribution >= 4 is 34.7 Å². The van der Waals surface area contributed by atoms with Gasteiger partial charge in [-0.1, -0.05) is 31.2 Å². The van der Waals surface area contributed by atoms with Crippen molar-refractivity contribution in [3.05, 3.63) is 39.8 Å². The van der Waals surface area contributed by atoms with Crippen molar-refractivity contribution in [3.8, 4) is 0 Å². The van der Waals surface area contributed by atoms with E-state index in [4.69, 9.17) is 0 Å². The second kappa shape index (κ2) is 6.64. The van der Waals surface area contributed by atoms with Crippen LogP contribution in [0, 0.1) is 0 Å². The molecule has 3 heterocycles. The number of nitrogens with zero attached hydrogens (tertiary/aromatic N) is 4. The predicted molar refractivity (Wildman–Crippen MR) is 96.1 cm³/mol. The Kier molecular flexibility index (Phi) is 4.37. The topological polar surface area (TPSA) is 60.1 Å². The number of hydrogen-bond acceptors (Lipinski definition) is 6. The Hall–Kier alpha value is -1.73. The van der Waals surface area contributed by atoms with Crippen LogP contribution in [0.1, 0.15) is 53.0 Å². The van der Waals surface area contributed by atoms with E-state index in [0.29, 0.717) is 17.8 Å². The number of Topliss-reactive ketones (excluding diaryl/α,β-unsaturated/α-hetero) is 1. The Morgan fingerprint density at radius 1 is 1.38 bits per heavy atom. The average Bonchev–Trinajstić information content (AvgIpc) is 3.22. The van der Waals surface area contributed by atoms with Crippen molar-refractivity contribution in [2.45, 2.75) is 43.7 Å². The van der Waals surface area contributed by atoms with Gasteiger partial charge in [-0.3, -0.25) is 4.79 Å². The van der Waals surface area contributed by atoms with Gasteiger partial charge in [0.2, 0.25) is 5.16 Å². The van der Waals surface area contributed by atoms with E-state index in [1.807, 2.05) is 12.3 Å². The molecule has 1 aliphatic rings. The third-order valence-corrected chi connectivity index (χ3v) is 6.20. The lowest BCUT2D eigenvalue weighted by atomic mass is 9.86. The van der Waals surface area contributed by atoms with Crippen LogP contribution in [0.25, 0.3) is 5.78 Å². The molecule has 0 radical (unpaired) electrons. The molecule has 0 aliphatic heterocycles. The average molecular weight is 358 g/mol. The van der Waals surface area contributed by atoms with E-state index in [1.165, 1.54) is 4.88 Å². The van der Waals surface area contributed by atoms with Gasteiger partial charge in [-0.15, -0.1) is 16.4 Å². The van der Waals surface area contributed by atoms with Gasteiger partial charge in [0.25, 0.3) is 5.78 Å². The largest absolute Gasteiger partial charge is 0.294 e. The highest BCUT2D eigenvalue weighted by Crippen LogP contribution is 2.34. The van der Waals surface area contributed by atoms with Gasteiger partial charge in [0.15, 0.2) is 5.78 Å². The van der Waals surface area contributed by atoms with E-state index in [2.05, 4.69) is 33.4 Å². The number of unbranched alkanes of at least 4 members (excludes halogenated alkanes) is 1. The summed E-state index contributed by atoms with van der Waals surface area (Å²) in [5.41, 5.74) is 1.56. The highest BCUT2D eigenvalue weighted by atomic mass is 32.2. The fraction of sp³-hybridized carbons (Fsp3) is 0.412. The zero-order valence-corrected chi connectivity index (χ0v) is 15.1. The Labute approximate surface area is 148 Å². The van der Waals surface area contributed by atoms with Crippen LogP contribution in [0.15, 0.2) is 28.9 Å². The van der Waals surface area contributed by atoms with Crippen LogP contribution in [0.3, 0.4) is 0 Å². The van der Waals surface area contributed by atoms with Gasteiger partial charge in [-0.05, 0) is 24.3 Å². The molecule has 0 bridgehead atoms. The Balaban J connectivity index is 1.64. The first-order valence-corrected chi connectivity index (χ1v) is 10.1. The molecular weight excluding hydrogens is 340 g/mol. The second-order valence-corrected chi connectivity index (χ2v) is 8.03. The molecule has 3 aromatic heterocycles. The summed E-state index contributed by atoms with van der Waals surface area (Å²) in [5, 5.41) is 7.25. The molecule has 0 fully saturated rings. The van der Waals surface area contributed by atoms with Gasteiger partial charge in [-0.2, -0.15) is 4.98 Å². The van der Waals surface area contributed by atoms with Crippen LogP contribution < -0.4 is 0 Å². The number of aromatic nitrogens is 4. The molecule has 0 saturated heterocycles. The fourth-order valence-corrected chi connectivity index (χ4v) is 4.70. The van der Waals surface area contributed by atoms with Crippen molar-refractivity contribution in [3.63, 3.8) is 0 Å². The van der Waals surface area contributed by atoms with E-state index in [9.17, 15) is 4.79 Å². The summed E-state index contributed by atoms with van der Waals surface area (Å²) in [6.45, 7) is 2.17. The van der Waals surface area contributed by atoms with Gasteiger partial charge in [0.05, 0.1) is 11.3 Å². The third-order valence-electron chi connectivity index (χ3n) is 4.24. The molecule has 0 amide bonds. The summed E-state index contributed by atoms with van der Waals surface area (Å²) in [6, 6.07) is 4.14. The number of carbonyl (C=O) groups excluding carboxylic acids is 1. The highest BCUT2D eigenvalue weighted by Gasteiger charge is 2.29. The van der Waals surface area contributed by atoms with Crippen LogP contribution in [-0.2, 0) is 6.42 Å². The van der Waals surface area contributed by atoms with Crippen LogP contribution in [-0.4, -0.2) is 31.1 Å². The number of fused-ring (bicyclic) bond motifs is 2. The number of ketones is 1. The first-order chi connectivity index (χ1) is 11.7. The van der Waals surface area contributed by atoms with Crippen LogP contribution in [0.2, 0.25) is 0 Å². The first-order valence-electron chi connectivity index (χ1n) is 8.20. The molecule has 24 heavy (non-hydrogen) atoms. The second-order valence-electron chi connectivity index (χ2n) is 5.99. The highest BCUT2D eigenvalue weighted by molar-refractivity contribution is 7.99. The number of rotatable bonds is 5. The summed E-state index contributed by atoms with van der Waals surface area (Å²) in [6.07, 6.45) is 5.45. The standard InChI is InChI=1S/C17H18N4OS2/c1-2-3-6-24-17-19-16-18-13-8-11(15-5-4-7-23-15)9-14(22)12(13)10-21(16)20-17/h4-5,7,10-11H,2-3,6,8-9H2,1H3/t11-/m1/s1. The molecule has 5 nitrogen and oxygen atoms in total. The maximum atomic E-state index is 12.6. The van der Waals surface area contributed by atoms with E-state index in [-0.39, 0.29) is 11.7 Å². The first kappa shape index (κ1) is 15.8. The van der Waals surface area contributed by atoms with Crippen LogP contribution >= 0.6 is 23.1 Å². The molecule has 1 aliphatic carbocycles. The molecule has 7 heteroatoms. The van der Waals surface area contributed by atoms with Crippen molar-refractivity contribution < 1.29 is 4.79 Å². The molecule has 0 unspecified atom stereocenters. The van der Waals surface area contributed by atoms with Gasteiger partial charge in [0.1, 0.15) is 0 Å². The van der Waals surface area contributed by atoms with E-state index in [1.54, 1.807) is 27.6 Å². The summed E-state index contributed by atoms with van der Waals surface area (Å²) in [4.78, 5) is 22.9. The Bertz CT molecular complexity index is 872. The normalized spacial score (nSPS) is 17.4. The summed E-state index contributed by atoms with van der Waals surface area (Å²) in [7, 11) is 0. The molecule has 0 aromatic carbocycles. The molecule has 124 valence electrons. The zero-order valence-electron chi connectivity index (χ0n) is 13.4. The van der Waals surface area contributed by atoms with Crippen LogP contribution in [0.4, 0.5) is 0 Å². The summed E-state index contributed by atoms with van der Waals surface area (Å²) in [5.74, 6) is 1.99. The van der Waals surface area contributed by atoms with E-state index >= 15 is 0 Å². The smallest absolute Gasteiger partial charge is 0.253 e. The fourth-order valence-electron chi connectivity index (χ4n) is 2.96. The SMILES string of the molecule is CCCCSc1nc2nc3c(cn2n1)C(=O)C[C@H](c1cccs1)C3. The third kappa shape index (κ3) is 2.98. The van der Waals surface area contributed by atoms with E-state index < -0.39 is 0 Å². The molecular formula is C17H18N4OS2. The molecule has 0 saturated carbocycles. The summed E-state index contributed by atoms with van der Waals surface area (Å²) < 4.78 is 1.65. The van der Waals surface area contributed by atoms with Gasteiger partial charge < -0.3 is 0 Å². The minimum Gasteiger partial charge on any atom is -0.294 e. The van der Waals surface area contributed by atoms with Gasteiger partial charge in [-0.25, -0.2) is 9.50 Å². The molecule has 3 aromatic rings. The number of hydrogen-bond donors (Lipinski definition) is 0. The Morgan fingerprint density at radius 2 is 2.29 bits per heavy atom. The lowest BCUT2D eigenvalue weighted by Gasteiger charge is -2.21. The predicted octanol–water partition coefficient (Wildman–Crippen LogP) is 3.99. The molecule has 0 N–H and O–H groups in total. The minimum absolute atomic E-state index is 0.153. The Morgan fingerprint density at radius 3 is 3.08 bits per heavy atom.